The molecule has 0 aliphatic heterocycles. The van der Waals surface area contributed by atoms with E-state index in [1.54, 1.807) is 6.20 Å². The van der Waals surface area contributed by atoms with Crippen LogP contribution in [0.1, 0.15) is 5.56 Å². The number of hydrogen-bond acceptors (Lipinski definition) is 2. The lowest BCUT2D eigenvalue weighted by Crippen LogP contribution is -1.78. The molecule has 0 radical (unpaired) electrons. The van der Waals surface area contributed by atoms with Gasteiger partial charge in [0.2, 0.25) is 0 Å². The Bertz CT molecular complexity index is 316. The van der Waals surface area contributed by atoms with Crippen LogP contribution in [0.3, 0.4) is 0 Å². The molecule has 0 amide bonds. The third-order valence-electron chi connectivity index (χ3n) is 1.20. The van der Waals surface area contributed by atoms with Crippen LogP contribution in [-0.4, -0.2) is 4.98 Å². The van der Waals surface area contributed by atoms with Crippen LogP contribution >= 0.6 is 15.9 Å². The topological polar surface area (TPSA) is 61.7 Å². The van der Waals surface area contributed by atoms with Gasteiger partial charge < -0.3 is 0 Å². The lowest BCUT2D eigenvalue weighted by molar-refractivity contribution is 1.21. The van der Waals surface area contributed by atoms with E-state index in [9.17, 15) is 0 Å². The van der Waals surface area contributed by atoms with Crippen LogP contribution in [0, 0.1) is 6.92 Å². The van der Waals surface area contributed by atoms with Gasteiger partial charge in [0.15, 0.2) is 0 Å². The summed E-state index contributed by atoms with van der Waals surface area (Å²) in [5.74, 6) is 0.382. The van der Waals surface area contributed by atoms with E-state index >= 15 is 0 Å². The molecule has 0 fully saturated rings. The highest BCUT2D eigenvalue weighted by Gasteiger charge is 1.99. The number of aromatic nitrogens is 1. The molecular formula is C6H5BrN4. The minimum absolute atomic E-state index is 0.382. The zero-order valence-corrected chi connectivity index (χ0v) is 7.41. The Morgan fingerprint density at radius 2 is 2.45 bits per heavy atom. The third-order valence-corrected chi connectivity index (χ3v) is 2.18. The summed E-state index contributed by atoms with van der Waals surface area (Å²) < 4.78 is 0.748. The van der Waals surface area contributed by atoms with Crippen molar-refractivity contribution in [2.24, 2.45) is 5.11 Å². The van der Waals surface area contributed by atoms with E-state index in [-0.39, 0.29) is 0 Å². The molecule has 0 aromatic carbocycles. The van der Waals surface area contributed by atoms with Crippen LogP contribution in [0.15, 0.2) is 21.9 Å². The van der Waals surface area contributed by atoms with Crippen LogP contribution in [-0.2, 0) is 0 Å². The van der Waals surface area contributed by atoms with E-state index in [4.69, 9.17) is 5.53 Å². The lowest BCUT2D eigenvalue weighted by atomic mass is 10.3. The SMILES string of the molecule is Cc1ccnc(N=[N+]=[N-])c1Br. The summed E-state index contributed by atoms with van der Waals surface area (Å²) in [6, 6.07) is 1.83. The van der Waals surface area contributed by atoms with Crippen molar-refractivity contribution in [3.63, 3.8) is 0 Å². The summed E-state index contributed by atoms with van der Waals surface area (Å²) >= 11 is 3.25. The van der Waals surface area contributed by atoms with Gasteiger partial charge in [0.05, 0.1) is 0 Å². The van der Waals surface area contributed by atoms with Crippen molar-refractivity contribution in [3.05, 3.63) is 32.7 Å². The fraction of sp³-hybridized carbons (Fsp3) is 0.167. The molecule has 11 heavy (non-hydrogen) atoms. The van der Waals surface area contributed by atoms with Crippen molar-refractivity contribution in [2.75, 3.05) is 0 Å². The number of pyridine rings is 1. The molecule has 0 unspecified atom stereocenters. The molecule has 1 rings (SSSR count). The molecular weight excluding hydrogens is 208 g/mol. The van der Waals surface area contributed by atoms with Crippen molar-refractivity contribution >= 4 is 21.7 Å². The van der Waals surface area contributed by atoms with Gasteiger partial charge in [-0.1, -0.05) is 0 Å². The van der Waals surface area contributed by atoms with Gasteiger partial charge in [-0.25, -0.2) is 0 Å². The van der Waals surface area contributed by atoms with Gasteiger partial charge in [-0.05, 0) is 45.1 Å². The molecule has 5 heteroatoms. The number of halogens is 1. The quantitative estimate of drug-likeness (QED) is 0.401. The van der Waals surface area contributed by atoms with Gasteiger partial charge in [0.25, 0.3) is 0 Å². The first-order valence-electron chi connectivity index (χ1n) is 2.92. The third kappa shape index (κ3) is 1.69. The standard InChI is InChI=1S/C6H5BrN4/c1-4-2-3-9-6(5(4)7)10-11-8/h2-3H,1H3. The maximum absolute atomic E-state index is 8.13. The number of aryl methyl sites for hydroxylation is 1. The number of hydrogen-bond donors (Lipinski definition) is 0. The van der Waals surface area contributed by atoms with Crippen LogP contribution in [0.5, 0.6) is 0 Å². The highest BCUT2D eigenvalue weighted by Crippen LogP contribution is 2.25. The molecule has 1 aromatic rings. The Balaban J connectivity index is 3.26. The van der Waals surface area contributed by atoms with Crippen LogP contribution < -0.4 is 0 Å². The van der Waals surface area contributed by atoms with Crippen molar-refractivity contribution in [3.8, 4) is 0 Å². The summed E-state index contributed by atoms with van der Waals surface area (Å²) in [4.78, 5) is 6.50. The molecule has 4 nitrogen and oxygen atoms in total. The van der Waals surface area contributed by atoms with Crippen molar-refractivity contribution in [2.45, 2.75) is 6.92 Å². The van der Waals surface area contributed by atoms with E-state index in [0.717, 1.165) is 10.0 Å². The second-order valence-electron chi connectivity index (χ2n) is 1.95. The fourth-order valence-electron chi connectivity index (χ4n) is 0.638. The minimum atomic E-state index is 0.382. The van der Waals surface area contributed by atoms with E-state index < -0.39 is 0 Å². The minimum Gasteiger partial charge on any atom is -0.253 e. The molecule has 1 heterocycles. The normalized spacial score (nSPS) is 8.91. The van der Waals surface area contributed by atoms with Gasteiger partial charge in [-0.15, -0.1) is 0 Å². The first-order valence-corrected chi connectivity index (χ1v) is 3.71. The predicted octanol–water partition coefficient (Wildman–Crippen LogP) is 3.09. The fourth-order valence-corrected chi connectivity index (χ4v) is 0.952. The van der Waals surface area contributed by atoms with Crippen molar-refractivity contribution in [1.82, 2.24) is 4.98 Å². The first kappa shape index (κ1) is 8.04. The van der Waals surface area contributed by atoms with Crippen LogP contribution in [0.2, 0.25) is 0 Å². The number of rotatable bonds is 1. The van der Waals surface area contributed by atoms with Gasteiger partial charge >= 0.3 is 0 Å². The zero-order chi connectivity index (χ0) is 8.27. The maximum atomic E-state index is 8.13. The summed E-state index contributed by atoms with van der Waals surface area (Å²) in [5, 5.41) is 3.39. The molecule has 0 saturated heterocycles. The van der Waals surface area contributed by atoms with Gasteiger partial charge in [-0.2, -0.15) is 0 Å². The van der Waals surface area contributed by atoms with Gasteiger partial charge in [0.1, 0.15) is 5.82 Å². The molecule has 0 N–H and O–H groups in total. The molecule has 0 spiro atoms. The zero-order valence-electron chi connectivity index (χ0n) is 5.82. The molecule has 0 bridgehead atoms. The largest absolute Gasteiger partial charge is 0.253 e. The average Bonchev–Trinajstić information content (AvgIpc) is 1.99. The van der Waals surface area contributed by atoms with E-state index in [0.29, 0.717) is 5.82 Å². The number of nitrogens with zero attached hydrogens (tertiary/aromatic N) is 4. The molecule has 0 aliphatic carbocycles. The molecule has 0 saturated carbocycles. The van der Waals surface area contributed by atoms with Crippen LogP contribution in [0.4, 0.5) is 5.82 Å². The van der Waals surface area contributed by atoms with Crippen molar-refractivity contribution < 1.29 is 0 Å². The summed E-state index contributed by atoms with van der Waals surface area (Å²) in [5.41, 5.74) is 9.13. The Morgan fingerprint density at radius 1 is 1.73 bits per heavy atom. The number of azide groups is 1. The van der Waals surface area contributed by atoms with Gasteiger partial charge in [0, 0.05) is 15.6 Å². The second-order valence-corrected chi connectivity index (χ2v) is 2.75. The predicted molar refractivity (Wildman–Crippen MR) is 45.5 cm³/mol. The summed E-state index contributed by atoms with van der Waals surface area (Å²) in [7, 11) is 0. The Hall–Kier alpha value is -1.06. The summed E-state index contributed by atoms with van der Waals surface area (Å²) in [6.07, 6.45) is 1.60. The molecule has 1 aromatic heterocycles. The highest BCUT2D eigenvalue weighted by molar-refractivity contribution is 9.10. The Morgan fingerprint density at radius 3 is 3.09 bits per heavy atom. The van der Waals surface area contributed by atoms with Gasteiger partial charge in [-0.3, -0.25) is 4.98 Å². The Kier molecular flexibility index (Phi) is 2.46. The Labute approximate surface area is 72.0 Å². The summed E-state index contributed by atoms with van der Waals surface area (Å²) in [6.45, 7) is 1.90. The maximum Gasteiger partial charge on any atom is 0.141 e. The van der Waals surface area contributed by atoms with Crippen molar-refractivity contribution in [1.29, 1.82) is 0 Å². The molecule has 0 aliphatic rings. The van der Waals surface area contributed by atoms with E-state index in [1.807, 2.05) is 13.0 Å². The second kappa shape index (κ2) is 3.37. The average molecular weight is 213 g/mol. The molecule has 56 valence electrons. The lowest BCUT2D eigenvalue weighted by Gasteiger charge is -1.97. The van der Waals surface area contributed by atoms with E-state index in [2.05, 4.69) is 30.9 Å². The highest BCUT2D eigenvalue weighted by atomic mass is 79.9. The van der Waals surface area contributed by atoms with Crippen LogP contribution in [0.25, 0.3) is 10.4 Å². The monoisotopic (exact) mass is 212 g/mol. The smallest absolute Gasteiger partial charge is 0.141 e. The van der Waals surface area contributed by atoms with E-state index in [1.165, 1.54) is 0 Å². The molecule has 0 atom stereocenters. The first-order chi connectivity index (χ1) is 5.25.